The van der Waals surface area contributed by atoms with Crippen molar-refractivity contribution in [3.63, 3.8) is 0 Å². The molecule has 112 valence electrons. The van der Waals surface area contributed by atoms with Gasteiger partial charge in [-0.25, -0.2) is 0 Å². The van der Waals surface area contributed by atoms with E-state index < -0.39 is 0 Å². The van der Waals surface area contributed by atoms with Gasteiger partial charge in [0.25, 0.3) is 0 Å². The van der Waals surface area contributed by atoms with Crippen molar-refractivity contribution in [2.24, 2.45) is 5.73 Å². The molecule has 0 amide bonds. The number of rotatable bonds is 5. The van der Waals surface area contributed by atoms with Gasteiger partial charge in [-0.15, -0.1) is 0 Å². The smallest absolute Gasteiger partial charge is 0.0496 e. The average Bonchev–Trinajstić information content (AvgIpc) is 2.41. The summed E-state index contributed by atoms with van der Waals surface area (Å²) >= 11 is 3.53. The third-order valence-electron chi connectivity index (χ3n) is 3.71. The van der Waals surface area contributed by atoms with Gasteiger partial charge in [-0.3, -0.25) is 4.90 Å². The number of hydrogen-bond donors (Lipinski definition) is 1. The summed E-state index contributed by atoms with van der Waals surface area (Å²) in [7, 11) is 2.13. The van der Waals surface area contributed by atoms with Gasteiger partial charge in [-0.2, -0.15) is 0 Å². The number of nitrogens with zero attached hydrogens (tertiary/aromatic N) is 1. The molecule has 2 rings (SSSR count). The number of hydrogen-bond acceptors (Lipinski definition) is 2. The molecule has 0 saturated heterocycles. The molecule has 0 spiro atoms. The van der Waals surface area contributed by atoms with Crippen molar-refractivity contribution in [2.75, 3.05) is 7.05 Å². The second-order valence-corrected chi connectivity index (χ2v) is 6.68. The van der Waals surface area contributed by atoms with Crippen LogP contribution in [0.15, 0.2) is 53.0 Å². The summed E-state index contributed by atoms with van der Waals surface area (Å²) in [4.78, 5) is 2.32. The summed E-state index contributed by atoms with van der Waals surface area (Å²) in [5, 5.41) is 0. The molecular formula is C18H23BrN2. The van der Waals surface area contributed by atoms with Crippen molar-refractivity contribution < 1.29 is 0 Å². The predicted molar refractivity (Wildman–Crippen MR) is 93.2 cm³/mol. The molecule has 0 aromatic heterocycles. The highest BCUT2D eigenvalue weighted by atomic mass is 79.9. The molecule has 0 aliphatic heterocycles. The highest BCUT2D eigenvalue weighted by Crippen LogP contribution is 2.25. The third-order valence-corrected chi connectivity index (χ3v) is 4.21. The Morgan fingerprint density at radius 1 is 1.14 bits per heavy atom. The Balaban J connectivity index is 2.19. The fourth-order valence-corrected chi connectivity index (χ4v) is 3.19. The van der Waals surface area contributed by atoms with E-state index >= 15 is 0 Å². The van der Waals surface area contributed by atoms with Crippen LogP contribution in [-0.2, 0) is 6.54 Å². The summed E-state index contributed by atoms with van der Waals surface area (Å²) in [6.45, 7) is 5.05. The van der Waals surface area contributed by atoms with Crippen molar-refractivity contribution >= 4 is 15.9 Å². The molecular weight excluding hydrogens is 324 g/mol. The average molecular weight is 347 g/mol. The molecule has 0 aliphatic carbocycles. The van der Waals surface area contributed by atoms with E-state index in [0.29, 0.717) is 0 Å². The minimum Gasteiger partial charge on any atom is -0.326 e. The van der Waals surface area contributed by atoms with Gasteiger partial charge in [-0.05, 0) is 44.2 Å². The number of nitrogens with two attached hydrogens (primary N) is 1. The van der Waals surface area contributed by atoms with Crippen LogP contribution in [-0.4, -0.2) is 18.0 Å². The minimum absolute atomic E-state index is 0.0739. The molecule has 0 bridgehead atoms. The van der Waals surface area contributed by atoms with Crippen LogP contribution in [0.25, 0.3) is 0 Å². The predicted octanol–water partition coefficient (Wildman–Crippen LogP) is 4.28. The molecule has 2 aromatic carbocycles. The second kappa shape index (κ2) is 7.21. The highest BCUT2D eigenvalue weighted by Gasteiger charge is 2.21. The Morgan fingerprint density at radius 3 is 2.38 bits per heavy atom. The van der Waals surface area contributed by atoms with Gasteiger partial charge in [0.15, 0.2) is 0 Å². The molecule has 2 aromatic rings. The largest absolute Gasteiger partial charge is 0.326 e. The third kappa shape index (κ3) is 4.40. The maximum atomic E-state index is 6.24. The van der Waals surface area contributed by atoms with E-state index in [1.165, 1.54) is 16.7 Å². The lowest BCUT2D eigenvalue weighted by Gasteiger charge is -2.31. The van der Waals surface area contributed by atoms with E-state index in [1.54, 1.807) is 0 Å². The van der Waals surface area contributed by atoms with Gasteiger partial charge in [0, 0.05) is 23.1 Å². The zero-order valence-electron chi connectivity index (χ0n) is 12.9. The van der Waals surface area contributed by atoms with Crippen LogP contribution in [0, 0.1) is 6.92 Å². The van der Waals surface area contributed by atoms with Gasteiger partial charge >= 0.3 is 0 Å². The van der Waals surface area contributed by atoms with Crippen LogP contribution in [0.2, 0.25) is 0 Å². The fourth-order valence-electron chi connectivity index (χ4n) is 2.74. The first-order valence-electron chi connectivity index (χ1n) is 7.24. The number of aryl methyl sites for hydroxylation is 1. The zero-order valence-corrected chi connectivity index (χ0v) is 14.5. The summed E-state index contributed by atoms with van der Waals surface area (Å²) in [6.07, 6.45) is 0. The van der Waals surface area contributed by atoms with Gasteiger partial charge < -0.3 is 5.73 Å². The maximum Gasteiger partial charge on any atom is 0.0496 e. The van der Waals surface area contributed by atoms with E-state index in [1.807, 2.05) is 6.07 Å². The monoisotopic (exact) mass is 346 g/mol. The maximum absolute atomic E-state index is 6.24. The number of benzene rings is 2. The Bertz CT molecular complexity index is 578. The first-order valence-corrected chi connectivity index (χ1v) is 8.03. The number of likely N-dealkylation sites (N-methyl/N-ethyl adjacent to an activating group) is 1. The Labute approximate surface area is 136 Å². The van der Waals surface area contributed by atoms with Crippen molar-refractivity contribution in [3.8, 4) is 0 Å². The van der Waals surface area contributed by atoms with Crippen molar-refractivity contribution in [3.05, 3.63) is 69.7 Å². The molecule has 21 heavy (non-hydrogen) atoms. The standard InChI is InChI=1S/C18H23BrN2/c1-13-7-9-16(10-8-13)18(14(2)20)21(3)12-15-5-4-6-17(19)11-15/h4-11,14,18H,12,20H2,1-3H3. The van der Waals surface area contributed by atoms with E-state index in [2.05, 4.69) is 84.2 Å². The van der Waals surface area contributed by atoms with Crippen LogP contribution in [0.4, 0.5) is 0 Å². The van der Waals surface area contributed by atoms with Crippen LogP contribution in [0.5, 0.6) is 0 Å². The molecule has 0 radical (unpaired) electrons. The quantitative estimate of drug-likeness (QED) is 0.875. The molecule has 0 heterocycles. The second-order valence-electron chi connectivity index (χ2n) is 5.76. The normalized spacial score (nSPS) is 14.2. The topological polar surface area (TPSA) is 29.3 Å². The lowest BCUT2D eigenvalue weighted by molar-refractivity contribution is 0.211. The van der Waals surface area contributed by atoms with E-state index in [4.69, 9.17) is 5.73 Å². The zero-order chi connectivity index (χ0) is 15.4. The van der Waals surface area contributed by atoms with Crippen molar-refractivity contribution in [1.82, 2.24) is 4.90 Å². The Kier molecular flexibility index (Phi) is 5.57. The first-order chi connectivity index (χ1) is 9.97. The Hall–Kier alpha value is -1.16. The molecule has 2 nitrogen and oxygen atoms in total. The van der Waals surface area contributed by atoms with Crippen molar-refractivity contribution in [1.29, 1.82) is 0 Å². The lowest BCUT2D eigenvalue weighted by Crippen LogP contribution is -2.36. The summed E-state index contributed by atoms with van der Waals surface area (Å²) in [5.41, 5.74) is 10.1. The molecule has 2 unspecified atom stereocenters. The van der Waals surface area contributed by atoms with Crippen molar-refractivity contribution in [2.45, 2.75) is 32.5 Å². The SMILES string of the molecule is Cc1ccc(C(C(C)N)N(C)Cc2cccc(Br)c2)cc1. The molecule has 0 aliphatic rings. The summed E-state index contributed by atoms with van der Waals surface area (Å²) in [6, 6.07) is 17.4. The molecule has 2 atom stereocenters. The van der Waals surface area contributed by atoms with Crippen LogP contribution >= 0.6 is 15.9 Å². The van der Waals surface area contributed by atoms with E-state index in [9.17, 15) is 0 Å². The summed E-state index contributed by atoms with van der Waals surface area (Å²) in [5.74, 6) is 0. The Morgan fingerprint density at radius 2 is 1.81 bits per heavy atom. The van der Waals surface area contributed by atoms with Crippen LogP contribution in [0.3, 0.4) is 0 Å². The number of halogens is 1. The van der Waals surface area contributed by atoms with Crippen LogP contribution < -0.4 is 5.73 Å². The fraction of sp³-hybridized carbons (Fsp3) is 0.333. The van der Waals surface area contributed by atoms with Crippen LogP contribution in [0.1, 0.15) is 29.7 Å². The van der Waals surface area contributed by atoms with E-state index in [0.717, 1.165) is 11.0 Å². The van der Waals surface area contributed by atoms with E-state index in [-0.39, 0.29) is 12.1 Å². The summed E-state index contributed by atoms with van der Waals surface area (Å²) < 4.78 is 1.11. The van der Waals surface area contributed by atoms with Gasteiger partial charge in [0.05, 0.1) is 0 Å². The molecule has 3 heteroatoms. The highest BCUT2D eigenvalue weighted by molar-refractivity contribution is 9.10. The molecule has 2 N–H and O–H groups in total. The first kappa shape index (κ1) is 16.2. The molecule has 0 saturated carbocycles. The molecule has 0 fully saturated rings. The van der Waals surface area contributed by atoms with Gasteiger partial charge in [-0.1, -0.05) is 57.9 Å². The minimum atomic E-state index is 0.0739. The van der Waals surface area contributed by atoms with Gasteiger partial charge in [0.1, 0.15) is 0 Å². The van der Waals surface area contributed by atoms with Gasteiger partial charge in [0.2, 0.25) is 0 Å². The lowest BCUT2D eigenvalue weighted by atomic mass is 9.98.